The molecule has 0 radical (unpaired) electrons. The van der Waals surface area contributed by atoms with E-state index in [0.29, 0.717) is 6.42 Å². The molecule has 0 rings (SSSR count). The van der Waals surface area contributed by atoms with Crippen molar-refractivity contribution in [2.45, 2.75) is 32.7 Å². The Hall–Kier alpha value is -0.290. The van der Waals surface area contributed by atoms with Crippen molar-refractivity contribution in [3.63, 3.8) is 0 Å². The molecule has 0 bridgehead atoms. The predicted octanol–water partition coefficient (Wildman–Crippen LogP) is 1.56. The van der Waals surface area contributed by atoms with E-state index in [1.807, 2.05) is 13.8 Å². The minimum atomic E-state index is -0.322. The molecule has 0 heterocycles. The highest BCUT2D eigenvalue weighted by Crippen LogP contribution is 2.05. The number of thioether (sulfide) groups is 1. The molecule has 2 unspecified atom stereocenters. The summed E-state index contributed by atoms with van der Waals surface area (Å²) < 4.78 is 0. The van der Waals surface area contributed by atoms with E-state index >= 15 is 0 Å². The second-order valence-corrected chi connectivity index (χ2v) is 5.01. The highest BCUT2D eigenvalue weighted by molar-refractivity contribution is 7.98. The van der Waals surface area contributed by atoms with E-state index in [1.54, 1.807) is 11.8 Å². The molecule has 0 aromatic rings. The maximum absolute atomic E-state index is 11.7. The van der Waals surface area contributed by atoms with Crippen molar-refractivity contribution < 1.29 is 4.79 Å². The van der Waals surface area contributed by atoms with Crippen LogP contribution < -0.4 is 11.1 Å². The zero-order chi connectivity index (χ0) is 11.8. The van der Waals surface area contributed by atoms with Crippen LogP contribution in [0.1, 0.15) is 26.7 Å². The standard InChI is InChI=1S/C10H20N2OS2/c1-4-8(9(11)14)10(13)12-7(2)5-6-15-3/h7-8H,4-6H2,1-3H3,(H2,11,14)(H,12,13). The van der Waals surface area contributed by atoms with Crippen LogP contribution in [0.2, 0.25) is 0 Å². The maximum atomic E-state index is 11.7. The molecule has 0 aliphatic carbocycles. The van der Waals surface area contributed by atoms with Gasteiger partial charge in [0.2, 0.25) is 5.91 Å². The fourth-order valence-corrected chi connectivity index (χ4v) is 2.09. The first-order valence-corrected chi connectivity index (χ1v) is 6.91. The second-order valence-electron chi connectivity index (χ2n) is 3.55. The lowest BCUT2D eigenvalue weighted by atomic mass is 10.1. The molecule has 0 saturated heterocycles. The molecule has 0 aliphatic heterocycles. The van der Waals surface area contributed by atoms with Crippen LogP contribution in [0, 0.1) is 5.92 Å². The third-order valence-electron chi connectivity index (χ3n) is 2.21. The third-order valence-corrected chi connectivity index (χ3v) is 3.14. The number of rotatable bonds is 7. The molecule has 3 N–H and O–H groups in total. The van der Waals surface area contributed by atoms with E-state index in [0.717, 1.165) is 12.2 Å². The van der Waals surface area contributed by atoms with Gasteiger partial charge in [-0.15, -0.1) is 0 Å². The number of hydrogen-bond donors (Lipinski definition) is 2. The van der Waals surface area contributed by atoms with Gasteiger partial charge in [0.1, 0.15) is 0 Å². The first-order valence-electron chi connectivity index (χ1n) is 5.11. The molecular weight excluding hydrogens is 228 g/mol. The van der Waals surface area contributed by atoms with Gasteiger partial charge in [0, 0.05) is 6.04 Å². The summed E-state index contributed by atoms with van der Waals surface area (Å²) in [6.07, 6.45) is 3.69. The fourth-order valence-electron chi connectivity index (χ4n) is 1.23. The summed E-state index contributed by atoms with van der Waals surface area (Å²) in [5.41, 5.74) is 5.49. The molecular formula is C10H20N2OS2. The Balaban J connectivity index is 4.04. The van der Waals surface area contributed by atoms with Crippen LogP contribution in [0.5, 0.6) is 0 Å². The topological polar surface area (TPSA) is 55.1 Å². The van der Waals surface area contributed by atoms with Crippen LogP contribution in [0.25, 0.3) is 0 Å². The van der Waals surface area contributed by atoms with Crippen molar-refractivity contribution in [3.05, 3.63) is 0 Å². The Morgan fingerprint density at radius 2 is 2.20 bits per heavy atom. The minimum absolute atomic E-state index is 0.0430. The van der Waals surface area contributed by atoms with E-state index in [-0.39, 0.29) is 22.9 Å². The van der Waals surface area contributed by atoms with Gasteiger partial charge >= 0.3 is 0 Å². The fraction of sp³-hybridized carbons (Fsp3) is 0.800. The van der Waals surface area contributed by atoms with E-state index in [9.17, 15) is 4.79 Å². The highest BCUT2D eigenvalue weighted by atomic mass is 32.2. The molecule has 0 aromatic carbocycles. The monoisotopic (exact) mass is 248 g/mol. The lowest BCUT2D eigenvalue weighted by Gasteiger charge is -2.18. The van der Waals surface area contributed by atoms with Gasteiger partial charge < -0.3 is 11.1 Å². The smallest absolute Gasteiger partial charge is 0.230 e. The number of carbonyl (C=O) groups is 1. The normalized spacial score (nSPS) is 14.3. The number of nitrogens with two attached hydrogens (primary N) is 1. The SMILES string of the molecule is CCC(C(=O)NC(C)CCSC)C(N)=S. The van der Waals surface area contributed by atoms with Gasteiger partial charge in [-0.3, -0.25) is 4.79 Å². The predicted molar refractivity (Wildman–Crippen MR) is 71.2 cm³/mol. The first-order chi connectivity index (χ1) is 7.02. The Morgan fingerprint density at radius 3 is 2.60 bits per heavy atom. The summed E-state index contributed by atoms with van der Waals surface area (Å²) in [5, 5.41) is 2.93. The number of hydrogen-bond acceptors (Lipinski definition) is 3. The summed E-state index contributed by atoms with van der Waals surface area (Å²) in [6.45, 7) is 3.91. The van der Waals surface area contributed by atoms with Gasteiger partial charge in [0.05, 0.1) is 10.9 Å². The van der Waals surface area contributed by atoms with E-state index in [4.69, 9.17) is 18.0 Å². The molecule has 0 aliphatic rings. The molecule has 0 saturated carbocycles. The molecule has 88 valence electrons. The Labute approximate surface area is 102 Å². The third kappa shape index (κ3) is 5.99. The quantitative estimate of drug-likeness (QED) is 0.671. The number of nitrogens with one attached hydrogen (secondary N) is 1. The summed E-state index contributed by atoms with van der Waals surface area (Å²) in [7, 11) is 0. The molecule has 2 atom stereocenters. The Kier molecular flexibility index (Phi) is 7.78. The highest BCUT2D eigenvalue weighted by Gasteiger charge is 2.20. The molecule has 0 spiro atoms. The zero-order valence-corrected chi connectivity index (χ0v) is 11.2. The van der Waals surface area contributed by atoms with Crippen molar-refractivity contribution in [3.8, 4) is 0 Å². The lowest BCUT2D eigenvalue weighted by molar-refractivity contribution is -0.123. The van der Waals surface area contributed by atoms with Crippen LogP contribution in [0.3, 0.4) is 0 Å². The largest absolute Gasteiger partial charge is 0.393 e. The van der Waals surface area contributed by atoms with Crippen LogP contribution in [0.15, 0.2) is 0 Å². The number of carbonyl (C=O) groups excluding carboxylic acids is 1. The summed E-state index contributed by atoms with van der Waals surface area (Å²) >= 11 is 6.62. The summed E-state index contributed by atoms with van der Waals surface area (Å²) in [4.78, 5) is 12.0. The van der Waals surface area contributed by atoms with E-state index < -0.39 is 0 Å². The van der Waals surface area contributed by atoms with Gasteiger partial charge in [0.15, 0.2) is 0 Å². The van der Waals surface area contributed by atoms with Crippen LogP contribution in [-0.4, -0.2) is 28.9 Å². The molecule has 0 fully saturated rings. The Morgan fingerprint density at radius 1 is 1.60 bits per heavy atom. The number of amides is 1. The lowest BCUT2D eigenvalue weighted by Crippen LogP contribution is -2.41. The van der Waals surface area contributed by atoms with Crippen LogP contribution in [0.4, 0.5) is 0 Å². The van der Waals surface area contributed by atoms with E-state index in [1.165, 1.54) is 0 Å². The van der Waals surface area contributed by atoms with Crippen molar-refractivity contribution >= 4 is 34.9 Å². The maximum Gasteiger partial charge on any atom is 0.230 e. The Bertz CT molecular complexity index is 221. The van der Waals surface area contributed by atoms with Gasteiger partial charge in [-0.1, -0.05) is 19.1 Å². The molecule has 1 amide bonds. The molecule has 0 aromatic heterocycles. The van der Waals surface area contributed by atoms with Crippen LogP contribution in [-0.2, 0) is 4.79 Å². The van der Waals surface area contributed by atoms with Crippen molar-refractivity contribution in [1.82, 2.24) is 5.32 Å². The first kappa shape index (κ1) is 14.7. The minimum Gasteiger partial charge on any atom is -0.393 e. The average Bonchev–Trinajstić information content (AvgIpc) is 2.15. The van der Waals surface area contributed by atoms with Gasteiger partial charge in [-0.05, 0) is 31.8 Å². The van der Waals surface area contributed by atoms with E-state index in [2.05, 4.69) is 11.6 Å². The van der Waals surface area contributed by atoms with Crippen molar-refractivity contribution in [2.24, 2.45) is 11.7 Å². The van der Waals surface area contributed by atoms with Gasteiger partial charge in [-0.25, -0.2) is 0 Å². The van der Waals surface area contributed by atoms with Crippen LogP contribution >= 0.6 is 24.0 Å². The second kappa shape index (κ2) is 7.93. The molecule has 15 heavy (non-hydrogen) atoms. The molecule has 3 nitrogen and oxygen atoms in total. The van der Waals surface area contributed by atoms with Crippen molar-refractivity contribution in [1.29, 1.82) is 0 Å². The summed E-state index contributed by atoms with van der Waals surface area (Å²) in [6, 6.07) is 0.188. The summed E-state index contributed by atoms with van der Waals surface area (Å²) in [5.74, 6) is 0.682. The van der Waals surface area contributed by atoms with Gasteiger partial charge in [-0.2, -0.15) is 11.8 Å². The van der Waals surface area contributed by atoms with Gasteiger partial charge in [0.25, 0.3) is 0 Å². The zero-order valence-electron chi connectivity index (χ0n) is 9.58. The molecule has 5 heteroatoms. The van der Waals surface area contributed by atoms with Crippen molar-refractivity contribution in [2.75, 3.05) is 12.0 Å². The number of thiocarbonyl (C=S) groups is 1. The average molecular weight is 248 g/mol.